The second kappa shape index (κ2) is 5.64. The summed E-state index contributed by atoms with van der Waals surface area (Å²) in [6.45, 7) is 2.43. The van der Waals surface area contributed by atoms with Crippen LogP contribution in [0.25, 0.3) is 0 Å². The summed E-state index contributed by atoms with van der Waals surface area (Å²) in [4.78, 5) is 13.6. The smallest absolute Gasteiger partial charge is 0.266 e. The van der Waals surface area contributed by atoms with E-state index in [2.05, 4.69) is 4.98 Å². The summed E-state index contributed by atoms with van der Waals surface area (Å²) in [5, 5.41) is -0.108. The van der Waals surface area contributed by atoms with E-state index in [1.807, 2.05) is 6.92 Å². The monoisotopic (exact) mass is 304 g/mol. The Hall–Kier alpha value is -0.850. The first kappa shape index (κ1) is 14.6. The maximum Gasteiger partial charge on any atom is 0.266 e. The molecule has 106 valence electrons. The Morgan fingerprint density at radius 1 is 1.37 bits per heavy atom. The van der Waals surface area contributed by atoms with Gasteiger partial charge in [-0.3, -0.25) is 4.79 Å². The lowest BCUT2D eigenvalue weighted by atomic mass is 10.1. The van der Waals surface area contributed by atoms with Crippen LogP contribution in [0.5, 0.6) is 0 Å². The highest BCUT2D eigenvalue weighted by Crippen LogP contribution is 2.24. The summed E-state index contributed by atoms with van der Waals surface area (Å²) >= 11 is 5.70. The van der Waals surface area contributed by atoms with Crippen LogP contribution >= 0.6 is 11.6 Å². The van der Waals surface area contributed by atoms with E-state index in [4.69, 9.17) is 11.6 Å². The van der Waals surface area contributed by atoms with Gasteiger partial charge in [0.25, 0.3) is 5.56 Å². The number of hydrogen-bond acceptors (Lipinski definition) is 3. The molecular weight excluding hydrogens is 288 g/mol. The lowest BCUT2D eigenvalue weighted by Crippen LogP contribution is -2.38. The van der Waals surface area contributed by atoms with Gasteiger partial charge in [-0.25, -0.2) is 8.42 Å². The van der Waals surface area contributed by atoms with Gasteiger partial charge in [-0.15, -0.1) is 0 Å². The van der Waals surface area contributed by atoms with Crippen molar-refractivity contribution in [3.8, 4) is 0 Å². The summed E-state index contributed by atoms with van der Waals surface area (Å²) in [5.74, 6) is 0. The van der Waals surface area contributed by atoms with Gasteiger partial charge >= 0.3 is 0 Å². The van der Waals surface area contributed by atoms with Gasteiger partial charge in [-0.05, 0) is 25.8 Å². The van der Waals surface area contributed by atoms with Crippen LogP contribution in [0.3, 0.4) is 0 Å². The van der Waals surface area contributed by atoms with Crippen molar-refractivity contribution in [2.45, 2.75) is 43.5 Å². The standard InChI is InChI=1S/C12H17ClN2O3S/c1-9-5-3-2-4-6-15(9)19(17,18)10-7-11(13)12(16)14-8-10/h7-9H,2-6H2,1H3,(H,14,16). The summed E-state index contributed by atoms with van der Waals surface area (Å²) < 4.78 is 26.6. The van der Waals surface area contributed by atoms with Crippen LogP contribution in [0.4, 0.5) is 0 Å². The zero-order chi connectivity index (χ0) is 14.0. The molecule has 0 amide bonds. The van der Waals surface area contributed by atoms with Crippen molar-refractivity contribution in [1.29, 1.82) is 0 Å². The van der Waals surface area contributed by atoms with Gasteiger partial charge in [0, 0.05) is 18.8 Å². The van der Waals surface area contributed by atoms with E-state index in [-0.39, 0.29) is 16.0 Å². The van der Waals surface area contributed by atoms with Gasteiger partial charge in [0.2, 0.25) is 10.0 Å². The van der Waals surface area contributed by atoms with Gasteiger partial charge in [0.1, 0.15) is 5.02 Å². The molecular formula is C12H17ClN2O3S. The second-order valence-corrected chi connectivity index (χ2v) is 7.12. The molecule has 1 aliphatic heterocycles. The van der Waals surface area contributed by atoms with Crippen molar-refractivity contribution in [2.75, 3.05) is 6.54 Å². The quantitative estimate of drug-likeness (QED) is 0.908. The number of H-pyrrole nitrogens is 1. The Morgan fingerprint density at radius 2 is 2.11 bits per heavy atom. The summed E-state index contributed by atoms with van der Waals surface area (Å²) in [5.41, 5.74) is -0.482. The average Bonchev–Trinajstić information content (AvgIpc) is 2.57. The Bertz CT molecular complexity index is 612. The van der Waals surface area contributed by atoms with Crippen LogP contribution in [0, 0.1) is 0 Å². The Kier molecular flexibility index (Phi) is 4.32. The topological polar surface area (TPSA) is 70.2 Å². The molecule has 1 aliphatic rings. The normalized spacial score (nSPS) is 22.1. The number of nitrogens with one attached hydrogen (secondary N) is 1. The molecule has 1 unspecified atom stereocenters. The van der Waals surface area contributed by atoms with E-state index in [9.17, 15) is 13.2 Å². The molecule has 1 fully saturated rings. The van der Waals surface area contributed by atoms with Gasteiger partial charge in [0.05, 0.1) is 4.90 Å². The van der Waals surface area contributed by atoms with Crippen LogP contribution in [-0.4, -0.2) is 30.3 Å². The molecule has 0 bridgehead atoms. The van der Waals surface area contributed by atoms with Crippen molar-refractivity contribution in [3.05, 3.63) is 27.6 Å². The third-order valence-electron chi connectivity index (χ3n) is 3.43. The fourth-order valence-corrected chi connectivity index (χ4v) is 4.26. The number of aromatic amines is 1. The molecule has 1 N–H and O–H groups in total. The van der Waals surface area contributed by atoms with Gasteiger partial charge in [-0.1, -0.05) is 24.4 Å². The van der Waals surface area contributed by atoms with Gasteiger partial charge in [-0.2, -0.15) is 4.31 Å². The van der Waals surface area contributed by atoms with Crippen LogP contribution < -0.4 is 5.56 Å². The largest absolute Gasteiger partial charge is 0.326 e. The van der Waals surface area contributed by atoms with Gasteiger partial charge < -0.3 is 4.98 Å². The minimum absolute atomic E-state index is 0.0294. The van der Waals surface area contributed by atoms with E-state index in [0.29, 0.717) is 6.54 Å². The van der Waals surface area contributed by atoms with Crippen molar-refractivity contribution < 1.29 is 8.42 Å². The lowest BCUT2D eigenvalue weighted by molar-refractivity contribution is 0.342. The number of sulfonamides is 1. The average molecular weight is 305 g/mol. The number of halogens is 1. The van der Waals surface area contributed by atoms with Crippen molar-refractivity contribution in [1.82, 2.24) is 9.29 Å². The van der Waals surface area contributed by atoms with Crippen molar-refractivity contribution in [3.63, 3.8) is 0 Å². The zero-order valence-corrected chi connectivity index (χ0v) is 12.3. The number of nitrogens with zero attached hydrogens (tertiary/aromatic N) is 1. The van der Waals surface area contributed by atoms with Crippen LogP contribution in [0.2, 0.25) is 5.02 Å². The SMILES string of the molecule is CC1CCCCCN1S(=O)(=O)c1c[nH]c(=O)c(Cl)c1. The Balaban J connectivity index is 2.40. The number of rotatable bonds is 2. The Morgan fingerprint density at radius 3 is 2.79 bits per heavy atom. The molecule has 7 heteroatoms. The predicted octanol–water partition coefficient (Wildman–Crippen LogP) is 1.98. The first-order chi connectivity index (χ1) is 8.93. The summed E-state index contributed by atoms with van der Waals surface area (Å²) in [6, 6.07) is 1.19. The maximum absolute atomic E-state index is 12.6. The van der Waals surface area contributed by atoms with E-state index >= 15 is 0 Å². The number of aromatic nitrogens is 1. The van der Waals surface area contributed by atoms with E-state index in [1.165, 1.54) is 16.6 Å². The molecule has 0 radical (unpaired) electrons. The maximum atomic E-state index is 12.6. The minimum Gasteiger partial charge on any atom is -0.326 e. The molecule has 0 aromatic carbocycles. The van der Waals surface area contributed by atoms with E-state index in [0.717, 1.165) is 25.7 Å². The molecule has 0 spiro atoms. The molecule has 0 aliphatic carbocycles. The second-order valence-electron chi connectivity index (χ2n) is 4.83. The van der Waals surface area contributed by atoms with Crippen molar-refractivity contribution in [2.24, 2.45) is 0 Å². The fraction of sp³-hybridized carbons (Fsp3) is 0.583. The molecule has 0 saturated carbocycles. The molecule has 2 heterocycles. The molecule has 1 atom stereocenters. The summed E-state index contributed by atoms with van der Waals surface area (Å²) in [7, 11) is -3.60. The third kappa shape index (κ3) is 3.01. The number of hydrogen-bond donors (Lipinski definition) is 1. The number of pyridine rings is 1. The minimum atomic E-state index is -3.60. The summed E-state index contributed by atoms with van der Waals surface area (Å²) in [6.07, 6.45) is 5.01. The third-order valence-corrected chi connectivity index (χ3v) is 5.70. The molecule has 19 heavy (non-hydrogen) atoms. The van der Waals surface area contributed by atoms with E-state index < -0.39 is 15.6 Å². The highest BCUT2D eigenvalue weighted by atomic mass is 35.5. The van der Waals surface area contributed by atoms with Crippen LogP contribution in [-0.2, 0) is 10.0 Å². The van der Waals surface area contributed by atoms with Crippen LogP contribution in [0.15, 0.2) is 22.0 Å². The zero-order valence-electron chi connectivity index (χ0n) is 10.7. The highest BCUT2D eigenvalue weighted by Gasteiger charge is 2.30. The molecule has 1 aromatic rings. The van der Waals surface area contributed by atoms with E-state index in [1.54, 1.807) is 0 Å². The first-order valence-electron chi connectivity index (χ1n) is 6.33. The molecule has 2 rings (SSSR count). The fourth-order valence-electron chi connectivity index (χ4n) is 2.33. The highest BCUT2D eigenvalue weighted by molar-refractivity contribution is 7.89. The van der Waals surface area contributed by atoms with Crippen molar-refractivity contribution >= 4 is 21.6 Å². The first-order valence-corrected chi connectivity index (χ1v) is 8.15. The lowest BCUT2D eigenvalue weighted by Gasteiger charge is -2.26. The van der Waals surface area contributed by atoms with Gasteiger partial charge in [0.15, 0.2) is 0 Å². The molecule has 1 aromatic heterocycles. The van der Waals surface area contributed by atoms with Crippen LogP contribution in [0.1, 0.15) is 32.6 Å². The molecule has 5 nitrogen and oxygen atoms in total. The predicted molar refractivity (Wildman–Crippen MR) is 73.9 cm³/mol. The Labute approximate surface area is 117 Å². The molecule has 1 saturated heterocycles.